The number of methoxy groups -OCH3 is 1. The first-order valence-corrected chi connectivity index (χ1v) is 7.36. The molecular formula is C15H19ClN2O4. The van der Waals surface area contributed by atoms with Gasteiger partial charge in [-0.05, 0) is 43.9 Å². The molecule has 0 aromatic heterocycles. The third-order valence-electron chi connectivity index (χ3n) is 3.68. The predicted molar refractivity (Wildman–Crippen MR) is 83.0 cm³/mol. The molecule has 1 aromatic carbocycles. The molecule has 3 N–H and O–H groups in total. The number of hydrogen-bond donors (Lipinski definition) is 3. The van der Waals surface area contributed by atoms with Crippen LogP contribution in [0.3, 0.4) is 0 Å². The summed E-state index contributed by atoms with van der Waals surface area (Å²) in [5.41, 5.74) is -0.673. The Morgan fingerprint density at radius 1 is 1.41 bits per heavy atom. The maximum Gasteiger partial charge on any atom is 0.313 e. The largest absolute Gasteiger partial charge is 0.495 e. The fourth-order valence-corrected chi connectivity index (χ4v) is 2.32. The minimum absolute atomic E-state index is 0.0383. The zero-order valence-electron chi connectivity index (χ0n) is 12.5. The summed E-state index contributed by atoms with van der Waals surface area (Å²) in [6.07, 6.45) is 1.88. The van der Waals surface area contributed by atoms with E-state index in [9.17, 15) is 14.7 Å². The number of ether oxygens (including phenoxy) is 1. The molecule has 1 saturated carbocycles. The predicted octanol–water partition coefficient (Wildman–Crippen LogP) is 1.56. The summed E-state index contributed by atoms with van der Waals surface area (Å²) < 4.78 is 5.09. The van der Waals surface area contributed by atoms with Crippen molar-refractivity contribution >= 4 is 29.1 Å². The summed E-state index contributed by atoms with van der Waals surface area (Å²) >= 11 is 5.86. The van der Waals surface area contributed by atoms with Crippen molar-refractivity contribution < 1.29 is 19.4 Å². The zero-order chi connectivity index (χ0) is 16.3. The van der Waals surface area contributed by atoms with E-state index in [1.807, 2.05) is 0 Å². The SMILES string of the molecule is COc1ccc(Cl)cc1NC(=O)C(=O)NC[C@@](C)(O)C1CC1. The van der Waals surface area contributed by atoms with Gasteiger partial charge < -0.3 is 20.5 Å². The number of rotatable bonds is 5. The van der Waals surface area contributed by atoms with E-state index in [0.717, 1.165) is 12.8 Å². The highest BCUT2D eigenvalue weighted by atomic mass is 35.5. The summed E-state index contributed by atoms with van der Waals surface area (Å²) in [4.78, 5) is 23.7. The molecule has 0 bridgehead atoms. The quantitative estimate of drug-likeness (QED) is 0.717. The summed E-state index contributed by atoms with van der Waals surface area (Å²) in [6, 6.07) is 4.70. The van der Waals surface area contributed by atoms with Crippen LogP contribution in [0.5, 0.6) is 5.75 Å². The molecule has 22 heavy (non-hydrogen) atoms. The number of benzene rings is 1. The highest BCUT2D eigenvalue weighted by Crippen LogP contribution is 2.39. The van der Waals surface area contributed by atoms with Gasteiger partial charge in [-0.2, -0.15) is 0 Å². The number of anilines is 1. The molecule has 0 spiro atoms. The van der Waals surface area contributed by atoms with E-state index in [0.29, 0.717) is 16.5 Å². The Kier molecular flexibility index (Phi) is 4.93. The summed E-state index contributed by atoms with van der Waals surface area (Å²) in [6.45, 7) is 1.69. The Bertz CT molecular complexity index is 585. The molecule has 2 amide bonds. The van der Waals surface area contributed by atoms with Crippen LogP contribution in [0.4, 0.5) is 5.69 Å². The highest BCUT2D eigenvalue weighted by molar-refractivity contribution is 6.40. The Labute approximate surface area is 133 Å². The van der Waals surface area contributed by atoms with E-state index in [4.69, 9.17) is 16.3 Å². The summed E-state index contributed by atoms with van der Waals surface area (Å²) in [5, 5.41) is 15.4. The third-order valence-corrected chi connectivity index (χ3v) is 3.91. The van der Waals surface area contributed by atoms with Gasteiger partial charge in [-0.3, -0.25) is 9.59 Å². The minimum atomic E-state index is -0.982. The Morgan fingerprint density at radius 3 is 2.68 bits per heavy atom. The maximum absolute atomic E-state index is 11.9. The van der Waals surface area contributed by atoms with Crippen molar-refractivity contribution in [2.24, 2.45) is 5.92 Å². The van der Waals surface area contributed by atoms with Crippen LogP contribution in [0.1, 0.15) is 19.8 Å². The molecule has 7 heteroatoms. The molecule has 0 saturated heterocycles. The molecule has 0 aliphatic heterocycles. The number of hydrogen-bond acceptors (Lipinski definition) is 4. The lowest BCUT2D eigenvalue weighted by atomic mass is 10.0. The van der Waals surface area contributed by atoms with Gasteiger partial charge in [-0.25, -0.2) is 0 Å². The van der Waals surface area contributed by atoms with Crippen LogP contribution in [0.15, 0.2) is 18.2 Å². The standard InChI is InChI=1S/C15H19ClN2O4/c1-15(21,9-3-4-9)8-17-13(19)14(20)18-11-7-10(16)5-6-12(11)22-2/h5-7,9,21H,3-4,8H2,1-2H3,(H,17,19)(H,18,20)/t15-/m1/s1. The minimum Gasteiger partial charge on any atom is -0.495 e. The first-order chi connectivity index (χ1) is 10.3. The lowest BCUT2D eigenvalue weighted by Gasteiger charge is -2.23. The van der Waals surface area contributed by atoms with Crippen molar-refractivity contribution in [3.8, 4) is 5.75 Å². The average Bonchev–Trinajstić information content (AvgIpc) is 3.30. The lowest BCUT2D eigenvalue weighted by Crippen LogP contribution is -2.45. The summed E-state index contributed by atoms with van der Waals surface area (Å²) in [7, 11) is 1.45. The normalized spacial score (nSPS) is 16.5. The van der Waals surface area contributed by atoms with Crippen LogP contribution in [0.2, 0.25) is 5.02 Å². The van der Waals surface area contributed by atoms with Gasteiger partial charge in [0.05, 0.1) is 18.4 Å². The van der Waals surface area contributed by atoms with Gasteiger partial charge in [-0.15, -0.1) is 0 Å². The topological polar surface area (TPSA) is 87.7 Å². The second kappa shape index (κ2) is 6.54. The maximum atomic E-state index is 11.9. The van der Waals surface area contributed by atoms with Gasteiger partial charge in [0.1, 0.15) is 5.75 Å². The Morgan fingerprint density at radius 2 is 2.09 bits per heavy atom. The smallest absolute Gasteiger partial charge is 0.313 e. The molecule has 1 aliphatic rings. The molecular weight excluding hydrogens is 308 g/mol. The van der Waals surface area contributed by atoms with Crippen LogP contribution >= 0.6 is 11.6 Å². The fraction of sp³-hybridized carbons (Fsp3) is 0.467. The third kappa shape index (κ3) is 4.11. The van der Waals surface area contributed by atoms with Crippen LogP contribution < -0.4 is 15.4 Å². The number of aliphatic hydroxyl groups is 1. The van der Waals surface area contributed by atoms with E-state index in [2.05, 4.69) is 10.6 Å². The number of nitrogens with one attached hydrogen (secondary N) is 2. The second-order valence-electron chi connectivity index (χ2n) is 5.61. The summed E-state index contributed by atoms with van der Waals surface area (Å²) in [5.74, 6) is -1.07. The van der Waals surface area contributed by atoms with Crippen LogP contribution in [-0.4, -0.2) is 36.2 Å². The van der Waals surface area contributed by atoms with E-state index in [1.165, 1.54) is 13.2 Å². The molecule has 1 aromatic rings. The zero-order valence-corrected chi connectivity index (χ0v) is 13.2. The molecule has 2 rings (SSSR count). The van der Waals surface area contributed by atoms with E-state index in [1.54, 1.807) is 19.1 Å². The number of carbonyl (C=O) groups is 2. The number of amides is 2. The van der Waals surface area contributed by atoms with Crippen molar-refractivity contribution in [1.29, 1.82) is 0 Å². The molecule has 1 fully saturated rings. The van der Waals surface area contributed by atoms with Crippen LogP contribution in [0, 0.1) is 5.92 Å². The molecule has 0 unspecified atom stereocenters. The van der Waals surface area contributed by atoms with E-state index >= 15 is 0 Å². The average molecular weight is 327 g/mol. The van der Waals surface area contributed by atoms with Gasteiger partial charge in [0.15, 0.2) is 0 Å². The number of carbonyl (C=O) groups excluding carboxylic acids is 2. The van der Waals surface area contributed by atoms with Crippen molar-refractivity contribution in [1.82, 2.24) is 5.32 Å². The monoisotopic (exact) mass is 326 g/mol. The van der Waals surface area contributed by atoms with Gasteiger partial charge in [0.2, 0.25) is 0 Å². The fourth-order valence-electron chi connectivity index (χ4n) is 2.15. The second-order valence-corrected chi connectivity index (χ2v) is 6.05. The molecule has 0 heterocycles. The Balaban J connectivity index is 1.94. The lowest BCUT2D eigenvalue weighted by molar-refractivity contribution is -0.136. The molecule has 0 radical (unpaired) electrons. The van der Waals surface area contributed by atoms with Gasteiger partial charge in [0, 0.05) is 11.6 Å². The first kappa shape index (κ1) is 16.6. The molecule has 1 aliphatic carbocycles. The molecule has 1 atom stereocenters. The van der Waals surface area contributed by atoms with E-state index < -0.39 is 17.4 Å². The van der Waals surface area contributed by atoms with Crippen molar-refractivity contribution in [2.45, 2.75) is 25.4 Å². The van der Waals surface area contributed by atoms with Gasteiger partial charge >= 0.3 is 11.8 Å². The van der Waals surface area contributed by atoms with Crippen LogP contribution in [-0.2, 0) is 9.59 Å². The first-order valence-electron chi connectivity index (χ1n) is 6.98. The van der Waals surface area contributed by atoms with Crippen molar-refractivity contribution in [3.05, 3.63) is 23.2 Å². The Hall–Kier alpha value is -1.79. The number of halogens is 1. The van der Waals surface area contributed by atoms with Gasteiger partial charge in [-0.1, -0.05) is 11.6 Å². The van der Waals surface area contributed by atoms with Gasteiger partial charge in [0.25, 0.3) is 0 Å². The highest BCUT2D eigenvalue weighted by Gasteiger charge is 2.40. The van der Waals surface area contributed by atoms with Crippen LogP contribution in [0.25, 0.3) is 0 Å². The molecule has 120 valence electrons. The van der Waals surface area contributed by atoms with E-state index in [-0.39, 0.29) is 12.5 Å². The van der Waals surface area contributed by atoms with Crippen molar-refractivity contribution in [3.63, 3.8) is 0 Å². The van der Waals surface area contributed by atoms with Crippen molar-refractivity contribution in [2.75, 3.05) is 19.0 Å². The molecule has 6 nitrogen and oxygen atoms in total.